The van der Waals surface area contributed by atoms with Gasteiger partial charge in [-0.05, 0) is 96.8 Å². The van der Waals surface area contributed by atoms with Gasteiger partial charge in [0.25, 0.3) is 0 Å². The molecule has 2 N–H and O–H groups in total. The summed E-state index contributed by atoms with van der Waals surface area (Å²) in [7, 11) is 6.79. The van der Waals surface area contributed by atoms with E-state index < -0.39 is 127 Å². The highest BCUT2D eigenvalue weighted by Crippen LogP contribution is 2.39. The number of aldehydes is 1. The number of β-amino-alcohol motifs (C(OH)–C–C–N with tert-alkyl or cyclic N) is 1. The van der Waals surface area contributed by atoms with Crippen molar-refractivity contribution in [3.63, 3.8) is 0 Å². The fourth-order valence-corrected chi connectivity index (χ4v) is 10.5. The van der Waals surface area contributed by atoms with Crippen LogP contribution in [0.4, 0.5) is 0 Å². The number of methoxy groups -OCH3 is 1. The van der Waals surface area contributed by atoms with Gasteiger partial charge in [0.2, 0.25) is 0 Å². The topological polar surface area (TPSA) is 241 Å². The van der Waals surface area contributed by atoms with Crippen LogP contribution in [0.1, 0.15) is 112 Å². The number of aliphatic hydroxyl groups excluding tert-OH is 2. The summed E-state index contributed by atoms with van der Waals surface area (Å²) in [5.41, 5.74) is 1.40. The lowest BCUT2D eigenvalue weighted by Gasteiger charge is -2.50. The van der Waals surface area contributed by atoms with Crippen LogP contribution < -0.4 is 0 Å². The molecule has 0 amide bonds. The van der Waals surface area contributed by atoms with Gasteiger partial charge in [0.15, 0.2) is 24.3 Å². The zero-order valence-corrected chi connectivity index (χ0v) is 45.6. The molecule has 3 aliphatic heterocycles. The summed E-state index contributed by atoms with van der Waals surface area (Å²) in [6, 6.07) is 7.06. The average molecular weight is 1060 g/mol. The minimum absolute atomic E-state index is 0.0271. The highest BCUT2D eigenvalue weighted by atomic mass is 16.7. The van der Waals surface area contributed by atoms with Gasteiger partial charge in [-0.3, -0.25) is 19.2 Å². The highest BCUT2D eigenvalue weighted by Gasteiger charge is 2.54. The predicted molar refractivity (Wildman–Crippen MR) is 274 cm³/mol. The molecule has 5 unspecified atom stereocenters. The number of carbonyl (C=O) groups is 5. The molecule has 1 aromatic heterocycles. The van der Waals surface area contributed by atoms with Crippen LogP contribution in [0.2, 0.25) is 0 Å². The molecule has 1 aromatic carbocycles. The maximum absolute atomic E-state index is 14.2. The van der Waals surface area contributed by atoms with Crippen LogP contribution in [0.15, 0.2) is 49.1 Å². The molecule has 0 radical (unpaired) electrons. The van der Waals surface area contributed by atoms with Crippen LogP contribution in [-0.2, 0) is 66.6 Å². The van der Waals surface area contributed by atoms with Crippen molar-refractivity contribution in [1.29, 1.82) is 0 Å². The second-order valence-corrected chi connectivity index (χ2v) is 20.6. The minimum atomic E-state index is -1.45. The van der Waals surface area contributed by atoms with E-state index in [1.807, 2.05) is 55.3 Å². The fourth-order valence-electron chi connectivity index (χ4n) is 10.5. The summed E-state index contributed by atoms with van der Waals surface area (Å²) in [5.74, 6) is -3.49. The fraction of sp³-hybridized carbons (Fsp3) is 0.691. The highest BCUT2D eigenvalue weighted by molar-refractivity contribution is 5.73. The second kappa shape index (κ2) is 29.1. The number of hydrogen-bond acceptors (Lipinski definition) is 20. The molecule has 0 saturated carbocycles. The Morgan fingerprint density at radius 1 is 0.947 bits per heavy atom. The SMILES string of the molecule is CCC(=O)O[C@@H]1CC(=O)O[C@@H](C/C=C/c2cccc(-c3cncnc3)c2)CCCN(C)C[C@H](O)[C@H](C)C[C@H](CC=O)[C@H](O[C@@H]2OC(C)[C@@H](O[C@H]3CC(C)(OC(C)=O)[C@@H](OC(=O)CC)C(C)O3)C(N(C)C)C2O)[C@H]1OC. The van der Waals surface area contributed by atoms with Crippen molar-refractivity contribution in [2.45, 2.75) is 192 Å². The van der Waals surface area contributed by atoms with Gasteiger partial charge < -0.3 is 67.4 Å². The first-order chi connectivity index (χ1) is 35.7. The zero-order valence-electron chi connectivity index (χ0n) is 45.6. The minimum Gasteiger partial charge on any atom is -0.462 e. The van der Waals surface area contributed by atoms with E-state index in [1.165, 1.54) is 20.4 Å². The summed E-state index contributed by atoms with van der Waals surface area (Å²) in [6.07, 6.45) is -1.60. The molecule has 3 saturated heterocycles. The van der Waals surface area contributed by atoms with E-state index in [2.05, 4.69) is 9.97 Å². The lowest BCUT2D eigenvalue weighted by molar-refractivity contribution is -0.344. The Kier molecular flexibility index (Phi) is 23.7. The number of likely N-dealkylation sites (N-methyl/N-ethyl adjacent to an activating group) is 2. The number of benzene rings is 1. The largest absolute Gasteiger partial charge is 0.462 e. The Labute approximate surface area is 442 Å². The van der Waals surface area contributed by atoms with E-state index in [9.17, 15) is 34.2 Å². The van der Waals surface area contributed by atoms with Crippen LogP contribution >= 0.6 is 0 Å². The van der Waals surface area contributed by atoms with E-state index in [-0.39, 0.29) is 32.1 Å². The maximum atomic E-state index is 14.2. The van der Waals surface area contributed by atoms with Gasteiger partial charge >= 0.3 is 23.9 Å². The molecular weight excluding hydrogens is 973 g/mol. The van der Waals surface area contributed by atoms with Crippen molar-refractivity contribution in [2.75, 3.05) is 41.3 Å². The van der Waals surface area contributed by atoms with E-state index in [1.54, 1.807) is 66.0 Å². The summed E-state index contributed by atoms with van der Waals surface area (Å²) >= 11 is 0. The van der Waals surface area contributed by atoms with Crippen molar-refractivity contribution in [3.05, 3.63) is 54.6 Å². The van der Waals surface area contributed by atoms with E-state index in [0.29, 0.717) is 32.4 Å². The lowest BCUT2D eigenvalue weighted by Crippen LogP contribution is -2.66. The molecule has 2 aromatic rings. The number of hydrogen-bond donors (Lipinski definition) is 2. The predicted octanol–water partition coefficient (Wildman–Crippen LogP) is 5.09. The first-order valence-electron chi connectivity index (χ1n) is 26.3. The molecule has 20 heteroatoms. The maximum Gasteiger partial charge on any atom is 0.309 e. The molecule has 418 valence electrons. The second-order valence-electron chi connectivity index (χ2n) is 20.6. The van der Waals surface area contributed by atoms with Crippen LogP contribution in [0.25, 0.3) is 17.2 Å². The number of cyclic esters (lactones) is 1. The monoisotopic (exact) mass is 1050 g/mol. The summed E-state index contributed by atoms with van der Waals surface area (Å²) in [4.78, 5) is 77.1. The van der Waals surface area contributed by atoms with Crippen molar-refractivity contribution in [3.8, 4) is 11.1 Å². The van der Waals surface area contributed by atoms with Crippen molar-refractivity contribution in [1.82, 2.24) is 19.8 Å². The Hall–Kier alpha value is -4.77. The molecule has 0 spiro atoms. The summed E-state index contributed by atoms with van der Waals surface area (Å²) in [6.45, 7) is 12.4. The van der Waals surface area contributed by atoms with E-state index in [0.717, 1.165) is 23.0 Å². The van der Waals surface area contributed by atoms with Gasteiger partial charge in [-0.15, -0.1) is 0 Å². The van der Waals surface area contributed by atoms with Crippen LogP contribution in [0, 0.1) is 11.8 Å². The van der Waals surface area contributed by atoms with E-state index in [4.69, 9.17) is 42.6 Å². The standard InChI is InChI=1S/C55H82N4O16/c1-12-44(63)71-43-27-46(65)70-41(20-15-18-37-17-14-19-38(26-37)40-29-56-32-57-30-40)21-16-23-59(10)31-42(62)33(3)25-39(22-24-60)51(52(43)67-11)74-54-49(66)48(58(8)9)50(34(4)69-54)73-47-28-55(7,75-36(6)61)53(35(5)68-47)72-45(64)13-2/h14-15,17-19,24,26,29-30,32-35,39,41-43,47-54,62,66H,12-13,16,20-23,25,27-28,31H2,1-11H3/b18-15+/t33-,34?,35?,39+,41+,42+,43-,47+,48?,49?,50-,51+,52+,53+,54+,55?/m1/s1. The lowest BCUT2D eigenvalue weighted by atomic mass is 9.82. The molecule has 3 aliphatic rings. The number of rotatable bonds is 17. The zero-order chi connectivity index (χ0) is 55.0. The van der Waals surface area contributed by atoms with Crippen LogP contribution in [0.5, 0.6) is 0 Å². The molecular formula is C55H82N4O16. The quantitative estimate of drug-likeness (QED) is 0.119. The Morgan fingerprint density at radius 2 is 1.65 bits per heavy atom. The van der Waals surface area contributed by atoms with Crippen molar-refractivity contribution >= 4 is 36.2 Å². The van der Waals surface area contributed by atoms with Gasteiger partial charge in [0.1, 0.15) is 43.1 Å². The van der Waals surface area contributed by atoms with Gasteiger partial charge in [-0.2, -0.15) is 0 Å². The third-order valence-electron chi connectivity index (χ3n) is 14.3. The molecule has 20 nitrogen and oxygen atoms in total. The number of carbonyl (C=O) groups excluding carboxylic acids is 5. The molecule has 4 heterocycles. The van der Waals surface area contributed by atoms with Gasteiger partial charge in [0, 0.05) is 70.6 Å². The summed E-state index contributed by atoms with van der Waals surface area (Å²) < 4.78 is 56.2. The van der Waals surface area contributed by atoms with Crippen molar-refractivity contribution in [2.24, 2.45) is 11.8 Å². The van der Waals surface area contributed by atoms with E-state index >= 15 is 0 Å². The van der Waals surface area contributed by atoms with Gasteiger partial charge in [0.05, 0.1) is 36.9 Å². The van der Waals surface area contributed by atoms with Crippen LogP contribution in [0.3, 0.4) is 0 Å². The Bertz CT molecular complexity index is 2170. The average Bonchev–Trinajstić information content (AvgIpc) is 3.35. The van der Waals surface area contributed by atoms with Gasteiger partial charge in [-0.1, -0.05) is 51.1 Å². The molecule has 3 fully saturated rings. The number of aliphatic hydroxyl groups is 2. The summed E-state index contributed by atoms with van der Waals surface area (Å²) in [5, 5.41) is 24.1. The molecule has 5 rings (SSSR count). The van der Waals surface area contributed by atoms with Crippen molar-refractivity contribution < 1.29 is 76.8 Å². The Morgan fingerprint density at radius 3 is 2.31 bits per heavy atom. The molecule has 0 aliphatic carbocycles. The number of nitrogens with zero attached hydrogens (tertiary/aromatic N) is 4. The van der Waals surface area contributed by atoms with Crippen LogP contribution in [-0.4, -0.2) is 187 Å². The van der Waals surface area contributed by atoms with Gasteiger partial charge in [-0.25, -0.2) is 9.97 Å². The number of ether oxygens (including phenoxy) is 9. The molecule has 0 bridgehead atoms. The first kappa shape index (κ1) is 61.1. The normalized spacial score (nSPS) is 33.8. The number of aromatic nitrogens is 2. The molecule has 75 heavy (non-hydrogen) atoms. The number of esters is 4. The smallest absolute Gasteiger partial charge is 0.309 e. The molecule has 16 atom stereocenters. The third kappa shape index (κ3) is 17.4. The Balaban J connectivity index is 1.45. The first-order valence-corrected chi connectivity index (χ1v) is 26.3. The third-order valence-corrected chi connectivity index (χ3v) is 14.3.